The van der Waals surface area contributed by atoms with E-state index in [0.29, 0.717) is 0 Å². The fourth-order valence-electron chi connectivity index (χ4n) is 1.53. The van der Waals surface area contributed by atoms with E-state index in [1.807, 2.05) is 0 Å². The molecule has 21 heavy (non-hydrogen) atoms. The summed E-state index contributed by atoms with van der Waals surface area (Å²) in [5, 5.41) is 1.68. The first kappa shape index (κ1) is 16.9. The Kier molecular flexibility index (Phi) is 4.92. The minimum absolute atomic E-state index is 0.145. The zero-order valence-corrected chi connectivity index (χ0v) is 11.2. The summed E-state index contributed by atoms with van der Waals surface area (Å²) in [7, 11) is 0. The van der Waals surface area contributed by atoms with E-state index in [-0.39, 0.29) is 17.9 Å². The number of nitrogens with one attached hydrogen (secondary N) is 1. The van der Waals surface area contributed by atoms with Crippen LogP contribution in [0, 0.1) is 5.92 Å². The molecule has 0 radical (unpaired) electrons. The highest BCUT2D eigenvalue weighted by Gasteiger charge is 2.43. The van der Waals surface area contributed by atoms with Crippen LogP contribution < -0.4 is 5.32 Å². The fourth-order valence-corrected chi connectivity index (χ4v) is 1.53. The van der Waals surface area contributed by atoms with E-state index in [1.165, 1.54) is 19.2 Å². The minimum Gasteiger partial charge on any atom is -0.335 e. The Balaban J connectivity index is 2.77. The fraction of sp³-hybridized carbons (Fsp3) is 0.636. The van der Waals surface area contributed by atoms with Crippen LogP contribution in [-0.2, 0) is 24.0 Å². The number of hydrogen-bond acceptors (Lipinski definition) is 5. The lowest BCUT2D eigenvalue weighted by atomic mass is 10.0. The van der Waals surface area contributed by atoms with Gasteiger partial charge in [0.2, 0.25) is 0 Å². The Morgan fingerprint density at radius 2 is 1.67 bits per heavy atom. The molecule has 0 bridgehead atoms. The second-order valence-corrected chi connectivity index (χ2v) is 4.69. The molecule has 10 heteroatoms. The van der Waals surface area contributed by atoms with Crippen molar-refractivity contribution in [3.8, 4) is 0 Å². The third-order valence-electron chi connectivity index (χ3n) is 2.65. The van der Waals surface area contributed by atoms with Crippen LogP contribution in [0.4, 0.5) is 13.2 Å². The van der Waals surface area contributed by atoms with E-state index in [1.54, 1.807) is 0 Å². The predicted octanol–water partition coefficient (Wildman–Crippen LogP) is 0.297. The summed E-state index contributed by atoms with van der Waals surface area (Å²) >= 11 is 0. The van der Waals surface area contributed by atoms with E-state index in [0.717, 1.165) is 0 Å². The van der Waals surface area contributed by atoms with Gasteiger partial charge in [-0.15, -0.1) is 5.06 Å². The van der Waals surface area contributed by atoms with Crippen LogP contribution in [0.25, 0.3) is 0 Å². The van der Waals surface area contributed by atoms with Crippen molar-refractivity contribution in [1.29, 1.82) is 0 Å². The van der Waals surface area contributed by atoms with Gasteiger partial charge in [0.1, 0.15) is 6.04 Å². The van der Waals surface area contributed by atoms with Crippen LogP contribution in [0.5, 0.6) is 0 Å². The summed E-state index contributed by atoms with van der Waals surface area (Å²) in [5.74, 6) is -5.89. The molecule has 1 saturated heterocycles. The van der Waals surface area contributed by atoms with Gasteiger partial charge < -0.3 is 10.2 Å². The molecule has 0 spiro atoms. The molecular weight excluding hydrogens is 297 g/mol. The normalized spacial score (nSPS) is 17.1. The number of rotatable bonds is 4. The average Bonchev–Trinajstić information content (AvgIpc) is 2.65. The van der Waals surface area contributed by atoms with Crippen LogP contribution in [0.1, 0.15) is 26.7 Å². The van der Waals surface area contributed by atoms with Crippen molar-refractivity contribution in [3.63, 3.8) is 0 Å². The van der Waals surface area contributed by atoms with Gasteiger partial charge in [-0.2, -0.15) is 13.2 Å². The average molecular weight is 310 g/mol. The summed E-state index contributed by atoms with van der Waals surface area (Å²) in [6.07, 6.45) is -5.45. The van der Waals surface area contributed by atoms with Crippen molar-refractivity contribution in [2.45, 2.75) is 38.9 Å². The van der Waals surface area contributed by atoms with Gasteiger partial charge in [0, 0.05) is 12.8 Å². The van der Waals surface area contributed by atoms with Crippen LogP contribution in [0.2, 0.25) is 0 Å². The van der Waals surface area contributed by atoms with E-state index < -0.39 is 41.8 Å². The second-order valence-electron chi connectivity index (χ2n) is 4.69. The third kappa shape index (κ3) is 4.17. The summed E-state index contributed by atoms with van der Waals surface area (Å²) in [5.41, 5.74) is 0. The van der Waals surface area contributed by atoms with E-state index >= 15 is 0 Å². The monoisotopic (exact) mass is 310 g/mol. The van der Waals surface area contributed by atoms with Crippen LogP contribution in [0.15, 0.2) is 0 Å². The number of carbonyl (C=O) groups is 4. The quantitative estimate of drug-likeness (QED) is 0.754. The Hall–Kier alpha value is -2.13. The molecular formula is C11H13F3N2O5. The molecule has 118 valence electrons. The molecule has 1 rings (SSSR count). The predicted molar refractivity (Wildman–Crippen MR) is 60.0 cm³/mol. The Bertz CT molecular complexity index is 459. The first-order valence-electron chi connectivity index (χ1n) is 5.99. The molecule has 1 N–H and O–H groups in total. The topological polar surface area (TPSA) is 92.8 Å². The van der Waals surface area contributed by atoms with Gasteiger partial charge in [-0.3, -0.25) is 14.4 Å². The first-order chi connectivity index (χ1) is 9.54. The summed E-state index contributed by atoms with van der Waals surface area (Å²) in [6, 6.07) is -1.64. The maximum Gasteiger partial charge on any atom is 0.471 e. The molecule has 1 fully saturated rings. The second kappa shape index (κ2) is 6.10. The number of hydroxylamine groups is 2. The van der Waals surface area contributed by atoms with Crippen LogP contribution in [0.3, 0.4) is 0 Å². The van der Waals surface area contributed by atoms with Gasteiger partial charge in [-0.25, -0.2) is 4.79 Å². The SMILES string of the molecule is CC(C)[C@@H](NC(=O)C(F)(F)F)C(=O)ON1C(=O)CCC1=O. The number of imide groups is 1. The molecule has 3 amide bonds. The Morgan fingerprint density at radius 1 is 1.19 bits per heavy atom. The van der Waals surface area contributed by atoms with Gasteiger partial charge in [0.15, 0.2) is 0 Å². The summed E-state index contributed by atoms with van der Waals surface area (Å²) in [4.78, 5) is 49.6. The minimum atomic E-state index is -5.16. The van der Waals surface area contributed by atoms with Crippen molar-refractivity contribution >= 4 is 23.7 Å². The van der Waals surface area contributed by atoms with Crippen molar-refractivity contribution in [1.82, 2.24) is 10.4 Å². The lowest BCUT2D eigenvalue weighted by Crippen LogP contribution is -2.51. The van der Waals surface area contributed by atoms with Crippen LogP contribution in [-0.4, -0.2) is 41.0 Å². The molecule has 1 aliphatic rings. The highest BCUT2D eigenvalue weighted by atomic mass is 19.4. The Morgan fingerprint density at radius 3 is 2.05 bits per heavy atom. The van der Waals surface area contributed by atoms with E-state index in [2.05, 4.69) is 4.84 Å². The molecule has 7 nitrogen and oxygen atoms in total. The largest absolute Gasteiger partial charge is 0.471 e. The van der Waals surface area contributed by atoms with E-state index in [9.17, 15) is 32.3 Å². The maximum atomic E-state index is 12.2. The van der Waals surface area contributed by atoms with Crippen molar-refractivity contribution in [2.24, 2.45) is 5.92 Å². The highest BCUT2D eigenvalue weighted by molar-refractivity contribution is 6.02. The summed E-state index contributed by atoms with van der Waals surface area (Å²) in [6.45, 7) is 2.74. The molecule has 0 aromatic carbocycles. The zero-order valence-electron chi connectivity index (χ0n) is 11.2. The van der Waals surface area contributed by atoms with Gasteiger partial charge in [0.25, 0.3) is 11.8 Å². The van der Waals surface area contributed by atoms with E-state index in [4.69, 9.17) is 0 Å². The molecule has 1 atom stereocenters. The number of amides is 3. The highest BCUT2D eigenvalue weighted by Crippen LogP contribution is 2.17. The molecule has 0 saturated carbocycles. The summed E-state index contributed by atoms with van der Waals surface area (Å²) < 4.78 is 36.5. The number of carbonyl (C=O) groups excluding carboxylic acids is 4. The molecule has 1 aliphatic heterocycles. The molecule has 0 aliphatic carbocycles. The van der Waals surface area contributed by atoms with Gasteiger partial charge in [0.05, 0.1) is 0 Å². The number of nitrogens with zero attached hydrogens (tertiary/aromatic N) is 1. The first-order valence-corrected chi connectivity index (χ1v) is 5.99. The zero-order chi connectivity index (χ0) is 16.4. The molecule has 0 aromatic heterocycles. The Labute approximate surface area is 117 Å². The lowest BCUT2D eigenvalue weighted by molar-refractivity contribution is -0.201. The van der Waals surface area contributed by atoms with Gasteiger partial charge >= 0.3 is 18.1 Å². The lowest BCUT2D eigenvalue weighted by Gasteiger charge is -2.23. The van der Waals surface area contributed by atoms with Crippen molar-refractivity contribution in [2.75, 3.05) is 0 Å². The number of hydrogen-bond donors (Lipinski definition) is 1. The van der Waals surface area contributed by atoms with Crippen molar-refractivity contribution < 1.29 is 37.2 Å². The van der Waals surface area contributed by atoms with Crippen LogP contribution >= 0.6 is 0 Å². The number of halogens is 3. The molecule has 0 aromatic rings. The van der Waals surface area contributed by atoms with Gasteiger partial charge in [-0.05, 0) is 5.92 Å². The standard InChI is InChI=1S/C11H13F3N2O5/c1-5(2)8(15-10(20)11(12,13)14)9(19)21-16-6(17)3-4-7(16)18/h5,8H,3-4H2,1-2H3,(H,15,20)/t8-/m1/s1. The van der Waals surface area contributed by atoms with Crippen molar-refractivity contribution in [3.05, 3.63) is 0 Å². The van der Waals surface area contributed by atoms with Gasteiger partial charge in [-0.1, -0.05) is 13.8 Å². The smallest absolute Gasteiger partial charge is 0.335 e. The third-order valence-corrected chi connectivity index (χ3v) is 2.65. The maximum absolute atomic E-state index is 12.2. The number of alkyl halides is 3. The molecule has 0 unspecified atom stereocenters. The molecule has 1 heterocycles.